The first-order valence-electron chi connectivity index (χ1n) is 6.34. The van der Waals surface area contributed by atoms with Crippen molar-refractivity contribution in [3.05, 3.63) is 24.0 Å². The third-order valence-corrected chi connectivity index (χ3v) is 3.39. The Bertz CT molecular complexity index is 386. The molecule has 1 aromatic rings. The van der Waals surface area contributed by atoms with Crippen molar-refractivity contribution in [2.45, 2.75) is 32.7 Å². The molecule has 17 heavy (non-hydrogen) atoms. The minimum Gasteiger partial charge on any atom is -0.385 e. The van der Waals surface area contributed by atoms with Gasteiger partial charge < -0.3 is 10.2 Å². The lowest BCUT2D eigenvalue weighted by Crippen LogP contribution is -2.26. The van der Waals surface area contributed by atoms with Gasteiger partial charge in [-0.25, -0.2) is 4.39 Å². The standard InChI is InChI=1S/C14H21FN2/c1-10(2)17(3)14-7-6-12(8-13(14)15)16-9-11-4-5-11/h6-8,10-11,16H,4-5,9H2,1-3H3. The Balaban J connectivity index is 2.04. The first kappa shape index (κ1) is 12.2. The van der Waals surface area contributed by atoms with Gasteiger partial charge in [0.1, 0.15) is 5.82 Å². The van der Waals surface area contributed by atoms with Crippen molar-refractivity contribution in [3.8, 4) is 0 Å². The molecule has 2 rings (SSSR count). The van der Waals surface area contributed by atoms with Crippen LogP contribution in [0, 0.1) is 11.7 Å². The summed E-state index contributed by atoms with van der Waals surface area (Å²) in [6.07, 6.45) is 2.62. The van der Waals surface area contributed by atoms with E-state index in [2.05, 4.69) is 19.2 Å². The summed E-state index contributed by atoms with van der Waals surface area (Å²) in [5.41, 5.74) is 1.55. The second-order valence-corrected chi connectivity index (χ2v) is 5.20. The quantitative estimate of drug-likeness (QED) is 0.842. The molecule has 94 valence electrons. The predicted octanol–water partition coefficient (Wildman–Crippen LogP) is 3.49. The van der Waals surface area contributed by atoms with Crippen LogP contribution in [0.4, 0.5) is 15.8 Å². The van der Waals surface area contributed by atoms with E-state index in [0.29, 0.717) is 11.7 Å². The highest BCUT2D eigenvalue weighted by molar-refractivity contribution is 5.56. The van der Waals surface area contributed by atoms with Gasteiger partial charge in [0.15, 0.2) is 0 Å². The van der Waals surface area contributed by atoms with Crippen LogP contribution >= 0.6 is 0 Å². The molecular weight excluding hydrogens is 215 g/mol. The van der Waals surface area contributed by atoms with Gasteiger partial charge in [-0.15, -0.1) is 0 Å². The van der Waals surface area contributed by atoms with Gasteiger partial charge in [0, 0.05) is 25.3 Å². The molecule has 3 heteroatoms. The van der Waals surface area contributed by atoms with Crippen molar-refractivity contribution in [2.24, 2.45) is 5.92 Å². The van der Waals surface area contributed by atoms with E-state index in [1.165, 1.54) is 12.8 Å². The second-order valence-electron chi connectivity index (χ2n) is 5.20. The van der Waals surface area contributed by atoms with Crippen LogP contribution in [0.1, 0.15) is 26.7 Å². The largest absolute Gasteiger partial charge is 0.385 e. The lowest BCUT2D eigenvalue weighted by Gasteiger charge is -2.24. The summed E-state index contributed by atoms with van der Waals surface area (Å²) >= 11 is 0. The third kappa shape index (κ3) is 3.11. The molecule has 2 nitrogen and oxygen atoms in total. The highest BCUT2D eigenvalue weighted by atomic mass is 19.1. The molecule has 1 aliphatic carbocycles. The van der Waals surface area contributed by atoms with Crippen molar-refractivity contribution >= 4 is 11.4 Å². The zero-order valence-corrected chi connectivity index (χ0v) is 10.8. The molecule has 0 spiro atoms. The zero-order chi connectivity index (χ0) is 12.4. The first-order chi connectivity index (χ1) is 8.08. The van der Waals surface area contributed by atoms with Gasteiger partial charge in [-0.2, -0.15) is 0 Å². The van der Waals surface area contributed by atoms with E-state index in [9.17, 15) is 4.39 Å². The Morgan fingerprint density at radius 1 is 1.41 bits per heavy atom. The van der Waals surface area contributed by atoms with Crippen LogP contribution in [0.15, 0.2) is 18.2 Å². The summed E-state index contributed by atoms with van der Waals surface area (Å²) in [6, 6.07) is 5.70. The topological polar surface area (TPSA) is 15.3 Å². The molecule has 0 aromatic heterocycles. The van der Waals surface area contributed by atoms with E-state index in [1.807, 2.05) is 24.1 Å². The van der Waals surface area contributed by atoms with Crippen molar-refractivity contribution in [2.75, 3.05) is 23.8 Å². The van der Waals surface area contributed by atoms with Crippen LogP contribution in [-0.2, 0) is 0 Å². The van der Waals surface area contributed by atoms with E-state index in [1.54, 1.807) is 6.07 Å². The fourth-order valence-corrected chi connectivity index (χ4v) is 1.77. The Hall–Kier alpha value is -1.25. The molecule has 0 amide bonds. The van der Waals surface area contributed by atoms with Gasteiger partial charge in [-0.1, -0.05) is 0 Å². The molecule has 1 fully saturated rings. The monoisotopic (exact) mass is 236 g/mol. The molecule has 0 bridgehead atoms. The average Bonchev–Trinajstić information content (AvgIpc) is 3.09. The maximum absolute atomic E-state index is 13.9. The minimum atomic E-state index is -0.151. The van der Waals surface area contributed by atoms with Crippen LogP contribution in [0.2, 0.25) is 0 Å². The molecule has 1 N–H and O–H groups in total. The van der Waals surface area contributed by atoms with E-state index in [-0.39, 0.29) is 5.82 Å². The van der Waals surface area contributed by atoms with Gasteiger partial charge in [-0.3, -0.25) is 0 Å². The number of benzene rings is 1. The number of halogens is 1. The second kappa shape index (κ2) is 4.94. The lowest BCUT2D eigenvalue weighted by molar-refractivity contribution is 0.614. The van der Waals surface area contributed by atoms with E-state index in [0.717, 1.165) is 18.2 Å². The number of anilines is 2. The van der Waals surface area contributed by atoms with E-state index < -0.39 is 0 Å². The van der Waals surface area contributed by atoms with Gasteiger partial charge >= 0.3 is 0 Å². The van der Waals surface area contributed by atoms with E-state index in [4.69, 9.17) is 0 Å². The molecule has 1 saturated carbocycles. The van der Waals surface area contributed by atoms with Gasteiger partial charge in [-0.05, 0) is 50.8 Å². The third-order valence-electron chi connectivity index (χ3n) is 3.39. The molecule has 0 saturated heterocycles. The number of rotatable bonds is 5. The summed E-state index contributed by atoms with van der Waals surface area (Å²) in [4.78, 5) is 1.94. The highest BCUT2D eigenvalue weighted by Crippen LogP contribution is 2.29. The maximum Gasteiger partial charge on any atom is 0.148 e. The molecule has 0 heterocycles. The number of nitrogens with zero attached hydrogens (tertiary/aromatic N) is 1. The summed E-state index contributed by atoms with van der Waals surface area (Å²) in [7, 11) is 1.92. The average molecular weight is 236 g/mol. The molecule has 0 unspecified atom stereocenters. The van der Waals surface area contributed by atoms with Crippen molar-refractivity contribution in [1.82, 2.24) is 0 Å². The van der Waals surface area contributed by atoms with Gasteiger partial charge in [0.05, 0.1) is 5.69 Å². The fourth-order valence-electron chi connectivity index (χ4n) is 1.77. The molecule has 1 aliphatic rings. The summed E-state index contributed by atoms with van der Waals surface area (Å²) < 4.78 is 13.9. The van der Waals surface area contributed by atoms with Crippen LogP contribution in [-0.4, -0.2) is 19.6 Å². The minimum absolute atomic E-state index is 0.151. The Kier molecular flexibility index (Phi) is 3.55. The molecule has 0 aliphatic heterocycles. The highest BCUT2D eigenvalue weighted by Gasteiger charge is 2.20. The van der Waals surface area contributed by atoms with Crippen molar-refractivity contribution in [3.63, 3.8) is 0 Å². The maximum atomic E-state index is 13.9. The van der Waals surface area contributed by atoms with Gasteiger partial charge in [0.2, 0.25) is 0 Å². The predicted molar refractivity (Wildman–Crippen MR) is 71.2 cm³/mol. The van der Waals surface area contributed by atoms with Crippen molar-refractivity contribution in [1.29, 1.82) is 0 Å². The van der Waals surface area contributed by atoms with Crippen LogP contribution in [0.5, 0.6) is 0 Å². The molecule has 1 aromatic carbocycles. The number of hydrogen-bond donors (Lipinski definition) is 1. The zero-order valence-electron chi connectivity index (χ0n) is 10.8. The smallest absolute Gasteiger partial charge is 0.148 e. The Labute approximate surface area is 103 Å². The van der Waals surface area contributed by atoms with Crippen LogP contribution in [0.25, 0.3) is 0 Å². The lowest BCUT2D eigenvalue weighted by atomic mass is 10.2. The van der Waals surface area contributed by atoms with Crippen molar-refractivity contribution < 1.29 is 4.39 Å². The number of hydrogen-bond acceptors (Lipinski definition) is 2. The normalized spacial score (nSPS) is 15.1. The number of nitrogens with one attached hydrogen (secondary N) is 1. The molecular formula is C14H21FN2. The Morgan fingerprint density at radius 3 is 2.65 bits per heavy atom. The van der Waals surface area contributed by atoms with Crippen LogP contribution in [0.3, 0.4) is 0 Å². The summed E-state index contributed by atoms with van der Waals surface area (Å²) in [6.45, 7) is 5.08. The Morgan fingerprint density at radius 2 is 2.12 bits per heavy atom. The first-order valence-corrected chi connectivity index (χ1v) is 6.34. The molecule has 0 radical (unpaired) electrons. The summed E-state index contributed by atoms with van der Waals surface area (Å²) in [5, 5.41) is 3.28. The molecule has 0 atom stereocenters. The van der Waals surface area contributed by atoms with Gasteiger partial charge in [0.25, 0.3) is 0 Å². The SMILES string of the molecule is CC(C)N(C)c1ccc(NCC2CC2)cc1F. The van der Waals surface area contributed by atoms with Crippen LogP contribution < -0.4 is 10.2 Å². The van der Waals surface area contributed by atoms with E-state index >= 15 is 0 Å². The fraction of sp³-hybridized carbons (Fsp3) is 0.571. The summed E-state index contributed by atoms with van der Waals surface area (Å²) in [5.74, 6) is 0.651.